The molecule has 0 atom stereocenters. The van der Waals surface area contributed by atoms with Gasteiger partial charge in [0.1, 0.15) is 23.6 Å². The fraction of sp³-hybridized carbons (Fsp3) is 0.0645. The molecule has 0 saturated heterocycles. The lowest BCUT2D eigenvalue weighted by atomic mass is 10.0. The number of para-hydroxylation sites is 1. The molecule has 0 saturated carbocycles. The summed E-state index contributed by atoms with van der Waals surface area (Å²) in [7, 11) is 0. The number of anilines is 1. The van der Waals surface area contributed by atoms with Gasteiger partial charge in [-0.25, -0.2) is 4.98 Å². The minimum absolute atomic E-state index is 0.0131. The second-order valence-electron chi connectivity index (χ2n) is 9.06. The number of aryl methyl sites for hydroxylation is 1. The van der Waals surface area contributed by atoms with Gasteiger partial charge in [-0.15, -0.1) is 5.11 Å². The molecular weight excluding hydrogens is 512 g/mol. The van der Waals surface area contributed by atoms with E-state index in [1.807, 2.05) is 85.8 Å². The zero-order chi connectivity index (χ0) is 26.8. The number of nitrogens with one attached hydrogen (secondary N) is 1. The number of phenols is 1. The Morgan fingerprint density at radius 2 is 1.72 bits per heavy atom. The number of hydrogen-bond acceptors (Lipinski definition) is 7. The Morgan fingerprint density at radius 3 is 2.56 bits per heavy atom. The summed E-state index contributed by atoms with van der Waals surface area (Å²) in [6, 6.07) is 30.2. The highest BCUT2D eigenvalue weighted by atomic mass is 35.5. The van der Waals surface area contributed by atoms with Gasteiger partial charge in [-0.3, -0.25) is 10.3 Å². The van der Waals surface area contributed by atoms with Gasteiger partial charge in [0.15, 0.2) is 5.58 Å². The molecule has 0 amide bonds. The number of fused-ring (bicyclic) bond motifs is 2. The number of nitrogens with zero attached hydrogens (tertiary/aromatic N) is 3. The first-order valence-electron chi connectivity index (χ1n) is 12.3. The second kappa shape index (κ2) is 10.6. The average molecular weight is 535 g/mol. The SMILES string of the molecule is Cc1ccc(-c2nc3ccc(N=Nc4c(O)c(CONc5ccccc5Cl)cc5ccccc45)cc3o2)cc1. The standard InChI is InChI=1S/C31H23ClN4O3/c1-19-10-12-20(13-11-19)31-33-27-15-14-23(17-28(27)39-31)34-35-29-24-7-3-2-6-21(24)16-22(30(29)37)18-38-36-26-9-5-4-8-25(26)32/h2-17,36-37H,18H2,1H3. The number of azo groups is 1. The van der Waals surface area contributed by atoms with E-state index in [1.165, 1.54) is 5.56 Å². The predicted octanol–water partition coefficient (Wildman–Crippen LogP) is 9.27. The van der Waals surface area contributed by atoms with Crippen LogP contribution in [0.3, 0.4) is 0 Å². The van der Waals surface area contributed by atoms with Crippen LogP contribution in [-0.4, -0.2) is 10.1 Å². The summed E-state index contributed by atoms with van der Waals surface area (Å²) in [5.41, 5.74) is 8.33. The van der Waals surface area contributed by atoms with Crippen molar-refractivity contribution >= 4 is 50.5 Å². The van der Waals surface area contributed by atoms with Gasteiger partial charge in [0, 0.05) is 22.6 Å². The van der Waals surface area contributed by atoms with Crippen LogP contribution in [0.15, 0.2) is 112 Å². The quantitative estimate of drug-likeness (QED) is 0.157. The van der Waals surface area contributed by atoms with E-state index in [9.17, 15) is 5.11 Å². The molecule has 0 bridgehead atoms. The van der Waals surface area contributed by atoms with Crippen molar-refractivity contribution < 1.29 is 14.4 Å². The first-order chi connectivity index (χ1) is 19.0. The smallest absolute Gasteiger partial charge is 0.227 e. The highest BCUT2D eigenvalue weighted by molar-refractivity contribution is 6.33. The Morgan fingerprint density at radius 1 is 0.923 bits per heavy atom. The zero-order valence-electron chi connectivity index (χ0n) is 20.9. The molecule has 0 aliphatic heterocycles. The first kappa shape index (κ1) is 24.6. The number of hydrogen-bond donors (Lipinski definition) is 2. The Kier molecular flexibility index (Phi) is 6.67. The van der Waals surface area contributed by atoms with Crippen molar-refractivity contribution in [2.24, 2.45) is 10.2 Å². The summed E-state index contributed by atoms with van der Waals surface area (Å²) in [5.74, 6) is 0.529. The number of halogens is 1. The molecule has 2 N–H and O–H groups in total. The second-order valence-corrected chi connectivity index (χ2v) is 9.47. The molecule has 8 heteroatoms. The van der Waals surface area contributed by atoms with Crippen molar-refractivity contribution in [2.75, 3.05) is 5.48 Å². The summed E-state index contributed by atoms with van der Waals surface area (Å²) in [6.45, 7) is 2.12. The molecule has 0 fully saturated rings. The molecule has 1 aromatic heterocycles. The van der Waals surface area contributed by atoms with Gasteiger partial charge in [0.2, 0.25) is 5.89 Å². The molecule has 0 aliphatic carbocycles. The van der Waals surface area contributed by atoms with Crippen LogP contribution < -0.4 is 5.48 Å². The molecule has 5 aromatic carbocycles. The fourth-order valence-electron chi connectivity index (χ4n) is 4.22. The molecular formula is C31H23ClN4O3. The van der Waals surface area contributed by atoms with E-state index >= 15 is 0 Å². The number of rotatable bonds is 7. The molecule has 0 unspecified atom stereocenters. The van der Waals surface area contributed by atoms with Crippen LogP contribution in [0, 0.1) is 6.92 Å². The van der Waals surface area contributed by atoms with E-state index in [0.717, 1.165) is 21.9 Å². The third-order valence-electron chi connectivity index (χ3n) is 6.29. The van der Waals surface area contributed by atoms with Crippen molar-refractivity contribution in [1.82, 2.24) is 4.98 Å². The maximum atomic E-state index is 11.1. The highest BCUT2D eigenvalue weighted by Crippen LogP contribution is 2.40. The molecule has 0 aliphatic rings. The van der Waals surface area contributed by atoms with Crippen molar-refractivity contribution in [3.8, 4) is 17.2 Å². The molecule has 6 aromatic rings. The average Bonchev–Trinajstić information content (AvgIpc) is 3.38. The number of phenolic OH excluding ortho intramolecular Hbond substituents is 1. The normalized spacial score (nSPS) is 11.5. The summed E-state index contributed by atoms with van der Waals surface area (Å²) in [5, 5.41) is 22.2. The Balaban J connectivity index is 1.29. The molecule has 0 spiro atoms. The summed E-state index contributed by atoms with van der Waals surface area (Å²) >= 11 is 6.18. The van der Waals surface area contributed by atoms with Crippen molar-refractivity contribution in [3.63, 3.8) is 0 Å². The topological polar surface area (TPSA) is 92.2 Å². The molecule has 6 rings (SSSR count). The Hall–Kier alpha value is -4.72. The highest BCUT2D eigenvalue weighted by Gasteiger charge is 2.14. The third kappa shape index (κ3) is 5.18. The van der Waals surface area contributed by atoms with Crippen molar-refractivity contribution in [2.45, 2.75) is 13.5 Å². The van der Waals surface area contributed by atoms with E-state index in [-0.39, 0.29) is 12.4 Å². The van der Waals surface area contributed by atoms with E-state index < -0.39 is 0 Å². The van der Waals surface area contributed by atoms with Crippen LogP contribution in [-0.2, 0) is 11.4 Å². The summed E-state index contributed by atoms with van der Waals surface area (Å²) in [4.78, 5) is 10.2. The predicted molar refractivity (Wildman–Crippen MR) is 154 cm³/mol. The number of oxazole rings is 1. The maximum absolute atomic E-state index is 11.1. The van der Waals surface area contributed by atoms with Gasteiger partial charge in [-0.1, -0.05) is 65.7 Å². The Labute approximate surface area is 229 Å². The van der Waals surface area contributed by atoms with E-state index in [2.05, 4.69) is 20.7 Å². The molecule has 0 radical (unpaired) electrons. The number of aromatic hydroxyl groups is 1. The largest absolute Gasteiger partial charge is 0.505 e. The minimum atomic E-state index is -0.0131. The molecule has 192 valence electrons. The van der Waals surface area contributed by atoms with Crippen molar-refractivity contribution in [3.05, 3.63) is 113 Å². The van der Waals surface area contributed by atoms with E-state index in [4.69, 9.17) is 20.9 Å². The number of aromatic nitrogens is 1. The lowest BCUT2D eigenvalue weighted by Gasteiger charge is -2.12. The lowest BCUT2D eigenvalue weighted by molar-refractivity contribution is 0.177. The fourth-order valence-corrected chi connectivity index (χ4v) is 4.40. The van der Waals surface area contributed by atoms with Crippen LogP contribution in [0.1, 0.15) is 11.1 Å². The van der Waals surface area contributed by atoms with Gasteiger partial charge in [-0.05, 0) is 54.8 Å². The van der Waals surface area contributed by atoms with E-state index in [0.29, 0.717) is 39.1 Å². The molecule has 39 heavy (non-hydrogen) atoms. The van der Waals surface area contributed by atoms with Crippen LogP contribution in [0.2, 0.25) is 5.02 Å². The van der Waals surface area contributed by atoms with Gasteiger partial charge < -0.3 is 9.52 Å². The summed E-state index contributed by atoms with van der Waals surface area (Å²) < 4.78 is 5.99. The first-order valence-corrected chi connectivity index (χ1v) is 12.7. The van der Waals surface area contributed by atoms with Gasteiger partial charge >= 0.3 is 0 Å². The van der Waals surface area contributed by atoms with Crippen molar-refractivity contribution in [1.29, 1.82) is 0 Å². The summed E-state index contributed by atoms with van der Waals surface area (Å²) in [6.07, 6.45) is 0. The maximum Gasteiger partial charge on any atom is 0.227 e. The lowest BCUT2D eigenvalue weighted by Crippen LogP contribution is -2.02. The van der Waals surface area contributed by atoms with E-state index in [1.54, 1.807) is 18.2 Å². The van der Waals surface area contributed by atoms with Gasteiger partial charge in [0.05, 0.1) is 16.4 Å². The Bertz CT molecular complexity index is 1830. The zero-order valence-corrected chi connectivity index (χ0v) is 21.7. The van der Waals surface area contributed by atoms with Crippen LogP contribution in [0.25, 0.3) is 33.3 Å². The monoisotopic (exact) mass is 534 g/mol. The molecule has 7 nitrogen and oxygen atoms in total. The third-order valence-corrected chi connectivity index (χ3v) is 6.62. The van der Waals surface area contributed by atoms with Crippen LogP contribution >= 0.6 is 11.6 Å². The minimum Gasteiger partial charge on any atom is -0.505 e. The van der Waals surface area contributed by atoms with Crippen LogP contribution in [0.5, 0.6) is 5.75 Å². The molecule has 1 heterocycles. The van der Waals surface area contributed by atoms with Gasteiger partial charge in [-0.2, -0.15) is 5.11 Å². The number of benzene rings is 5. The van der Waals surface area contributed by atoms with Crippen LogP contribution in [0.4, 0.5) is 17.1 Å². The van der Waals surface area contributed by atoms with Gasteiger partial charge in [0.25, 0.3) is 0 Å².